The van der Waals surface area contributed by atoms with Crippen molar-refractivity contribution in [2.45, 2.75) is 32.7 Å². The monoisotopic (exact) mass is 170 g/mol. The Morgan fingerprint density at radius 2 is 2.42 bits per heavy atom. The summed E-state index contributed by atoms with van der Waals surface area (Å²) in [4.78, 5) is 10.8. The predicted molar refractivity (Wildman–Crippen MR) is 48.9 cm³/mol. The quantitative estimate of drug-likeness (QED) is 0.645. The maximum absolute atomic E-state index is 10.8. The van der Waals surface area contributed by atoms with E-state index in [1.54, 1.807) is 0 Å². The third kappa shape index (κ3) is 3.22. The first kappa shape index (κ1) is 9.52. The van der Waals surface area contributed by atoms with E-state index in [0.29, 0.717) is 18.4 Å². The maximum atomic E-state index is 10.8. The molecule has 0 radical (unpaired) electrons. The van der Waals surface area contributed by atoms with Crippen LogP contribution in [0, 0.1) is 5.92 Å². The highest BCUT2D eigenvalue weighted by molar-refractivity contribution is 5.78. The molecule has 1 heterocycles. The Morgan fingerprint density at radius 1 is 1.67 bits per heavy atom. The van der Waals surface area contributed by atoms with Gasteiger partial charge in [0.05, 0.1) is 0 Å². The highest BCUT2D eigenvalue weighted by Crippen LogP contribution is 2.04. The summed E-state index contributed by atoms with van der Waals surface area (Å²) in [6, 6.07) is 0.372. The van der Waals surface area contributed by atoms with E-state index < -0.39 is 0 Å². The number of rotatable bonds is 4. The second kappa shape index (κ2) is 4.45. The van der Waals surface area contributed by atoms with E-state index in [9.17, 15) is 4.79 Å². The van der Waals surface area contributed by atoms with Crippen LogP contribution in [0.5, 0.6) is 0 Å². The van der Waals surface area contributed by atoms with Crippen LogP contribution in [0.1, 0.15) is 26.7 Å². The van der Waals surface area contributed by atoms with Gasteiger partial charge in [-0.2, -0.15) is 0 Å². The van der Waals surface area contributed by atoms with Crippen LogP contribution in [0.4, 0.5) is 0 Å². The van der Waals surface area contributed by atoms with Gasteiger partial charge in [0.25, 0.3) is 0 Å². The molecule has 0 spiro atoms. The van der Waals surface area contributed by atoms with Gasteiger partial charge >= 0.3 is 0 Å². The lowest BCUT2D eigenvalue weighted by Crippen LogP contribution is -2.36. The maximum Gasteiger partial charge on any atom is 0.220 e. The standard InChI is InChI=1S/C9H18N2O/c1-7(2)5-10-6-8-3-4-9(12)11-8/h7-8,10H,3-6H2,1-2H3,(H,11,12)/t8-/m1/s1. The van der Waals surface area contributed by atoms with Crippen molar-refractivity contribution in [1.82, 2.24) is 10.6 Å². The van der Waals surface area contributed by atoms with Crippen LogP contribution in [0.15, 0.2) is 0 Å². The molecule has 0 bridgehead atoms. The minimum absolute atomic E-state index is 0.200. The molecule has 2 N–H and O–H groups in total. The van der Waals surface area contributed by atoms with Crippen LogP contribution >= 0.6 is 0 Å². The first-order valence-electron chi connectivity index (χ1n) is 4.68. The average molecular weight is 170 g/mol. The number of carbonyl (C=O) groups excluding carboxylic acids is 1. The summed E-state index contributed by atoms with van der Waals surface area (Å²) in [6.45, 7) is 6.32. The Balaban J connectivity index is 2.04. The van der Waals surface area contributed by atoms with E-state index in [1.165, 1.54) is 0 Å². The van der Waals surface area contributed by atoms with Gasteiger partial charge in [0.15, 0.2) is 0 Å². The molecule has 1 saturated heterocycles. The van der Waals surface area contributed by atoms with Gasteiger partial charge in [-0.05, 0) is 18.9 Å². The molecule has 0 aliphatic carbocycles. The van der Waals surface area contributed by atoms with Crippen LogP contribution in [0.25, 0.3) is 0 Å². The summed E-state index contributed by atoms with van der Waals surface area (Å²) in [6.07, 6.45) is 1.69. The Kier molecular flexibility index (Phi) is 3.53. The zero-order valence-electron chi connectivity index (χ0n) is 7.89. The lowest BCUT2D eigenvalue weighted by molar-refractivity contribution is -0.119. The van der Waals surface area contributed by atoms with Gasteiger partial charge in [0.1, 0.15) is 0 Å². The minimum atomic E-state index is 0.200. The number of nitrogens with one attached hydrogen (secondary N) is 2. The molecule has 1 atom stereocenters. The van der Waals surface area contributed by atoms with Crippen LogP contribution in [-0.2, 0) is 4.79 Å². The Bertz CT molecular complexity index is 157. The number of hydrogen-bond donors (Lipinski definition) is 2. The molecular weight excluding hydrogens is 152 g/mol. The summed E-state index contributed by atoms with van der Waals surface area (Å²) in [7, 11) is 0. The molecule has 1 fully saturated rings. The lowest BCUT2D eigenvalue weighted by Gasteiger charge is -2.12. The molecule has 12 heavy (non-hydrogen) atoms. The predicted octanol–water partition coefficient (Wildman–Crippen LogP) is 0.511. The van der Waals surface area contributed by atoms with E-state index in [0.717, 1.165) is 19.5 Å². The van der Waals surface area contributed by atoms with Gasteiger partial charge < -0.3 is 10.6 Å². The fourth-order valence-electron chi connectivity index (χ4n) is 1.38. The summed E-state index contributed by atoms with van der Waals surface area (Å²) >= 11 is 0. The van der Waals surface area contributed by atoms with Crippen molar-refractivity contribution in [3.05, 3.63) is 0 Å². The van der Waals surface area contributed by atoms with E-state index in [4.69, 9.17) is 0 Å². The van der Waals surface area contributed by atoms with Gasteiger partial charge in [-0.25, -0.2) is 0 Å². The summed E-state index contributed by atoms with van der Waals surface area (Å²) in [5.41, 5.74) is 0. The van der Waals surface area contributed by atoms with E-state index in [2.05, 4.69) is 24.5 Å². The Labute approximate surface area is 73.9 Å². The van der Waals surface area contributed by atoms with Gasteiger partial charge in [-0.3, -0.25) is 4.79 Å². The third-order valence-corrected chi connectivity index (χ3v) is 2.03. The molecule has 0 aromatic rings. The van der Waals surface area contributed by atoms with Gasteiger partial charge in [0.2, 0.25) is 5.91 Å². The average Bonchev–Trinajstić information content (AvgIpc) is 2.35. The van der Waals surface area contributed by atoms with Crippen LogP contribution in [0.2, 0.25) is 0 Å². The molecule has 0 unspecified atom stereocenters. The number of carbonyl (C=O) groups is 1. The van der Waals surface area contributed by atoms with Crippen molar-refractivity contribution in [2.75, 3.05) is 13.1 Å². The van der Waals surface area contributed by atoms with Crippen LogP contribution < -0.4 is 10.6 Å². The molecule has 3 heteroatoms. The summed E-state index contributed by atoms with van der Waals surface area (Å²) in [5.74, 6) is 0.883. The SMILES string of the molecule is CC(C)CNC[C@H]1CCC(=O)N1. The smallest absolute Gasteiger partial charge is 0.220 e. The Morgan fingerprint density at radius 3 is 2.92 bits per heavy atom. The largest absolute Gasteiger partial charge is 0.352 e. The van der Waals surface area contributed by atoms with Gasteiger partial charge in [0, 0.05) is 19.0 Å². The van der Waals surface area contributed by atoms with Crippen LogP contribution in [0.3, 0.4) is 0 Å². The molecular formula is C9H18N2O. The number of amides is 1. The molecule has 0 aromatic heterocycles. The van der Waals surface area contributed by atoms with Crippen molar-refractivity contribution in [1.29, 1.82) is 0 Å². The zero-order valence-corrected chi connectivity index (χ0v) is 7.89. The van der Waals surface area contributed by atoms with E-state index in [1.807, 2.05) is 0 Å². The van der Waals surface area contributed by atoms with Gasteiger partial charge in [-0.15, -0.1) is 0 Å². The topological polar surface area (TPSA) is 41.1 Å². The second-order valence-electron chi connectivity index (χ2n) is 3.86. The molecule has 1 rings (SSSR count). The van der Waals surface area contributed by atoms with Crippen molar-refractivity contribution in [3.63, 3.8) is 0 Å². The first-order valence-corrected chi connectivity index (χ1v) is 4.68. The molecule has 1 aliphatic rings. The third-order valence-electron chi connectivity index (χ3n) is 2.03. The first-order chi connectivity index (χ1) is 5.68. The molecule has 3 nitrogen and oxygen atoms in total. The number of hydrogen-bond acceptors (Lipinski definition) is 2. The lowest BCUT2D eigenvalue weighted by atomic mass is 10.2. The van der Waals surface area contributed by atoms with E-state index in [-0.39, 0.29) is 5.91 Å². The highest BCUT2D eigenvalue weighted by Gasteiger charge is 2.19. The summed E-state index contributed by atoms with van der Waals surface area (Å²) < 4.78 is 0. The molecule has 0 saturated carbocycles. The zero-order chi connectivity index (χ0) is 8.97. The molecule has 1 amide bonds. The normalized spacial score (nSPS) is 23.2. The minimum Gasteiger partial charge on any atom is -0.352 e. The van der Waals surface area contributed by atoms with E-state index >= 15 is 0 Å². The highest BCUT2D eigenvalue weighted by atomic mass is 16.1. The van der Waals surface area contributed by atoms with Gasteiger partial charge in [-0.1, -0.05) is 13.8 Å². The van der Waals surface area contributed by atoms with Crippen molar-refractivity contribution in [2.24, 2.45) is 5.92 Å². The van der Waals surface area contributed by atoms with Crippen molar-refractivity contribution >= 4 is 5.91 Å². The Hall–Kier alpha value is -0.570. The summed E-state index contributed by atoms with van der Waals surface area (Å²) in [5, 5.41) is 6.26. The molecule has 0 aromatic carbocycles. The van der Waals surface area contributed by atoms with Crippen LogP contribution in [-0.4, -0.2) is 25.0 Å². The van der Waals surface area contributed by atoms with Crippen molar-refractivity contribution in [3.8, 4) is 0 Å². The fourth-order valence-corrected chi connectivity index (χ4v) is 1.38. The molecule has 70 valence electrons. The molecule has 1 aliphatic heterocycles. The fraction of sp³-hybridized carbons (Fsp3) is 0.889. The van der Waals surface area contributed by atoms with Crippen molar-refractivity contribution < 1.29 is 4.79 Å². The second-order valence-corrected chi connectivity index (χ2v) is 3.86.